The van der Waals surface area contributed by atoms with Crippen LogP contribution in [0.1, 0.15) is 44.0 Å². The number of aliphatic hydroxyl groups excluding tert-OH is 1. The number of aliphatic hydroxyl groups is 1. The van der Waals surface area contributed by atoms with Gasteiger partial charge in [-0.05, 0) is 31.7 Å². The lowest BCUT2D eigenvalue weighted by atomic mass is 10.0. The van der Waals surface area contributed by atoms with Crippen LogP contribution in [0.3, 0.4) is 0 Å². The fourth-order valence-corrected chi connectivity index (χ4v) is 3.56. The zero-order valence-electron chi connectivity index (χ0n) is 18.1. The van der Waals surface area contributed by atoms with Gasteiger partial charge in [-0.25, -0.2) is 0 Å². The van der Waals surface area contributed by atoms with Crippen LogP contribution in [0.2, 0.25) is 0 Å². The first kappa shape index (κ1) is 22.6. The summed E-state index contributed by atoms with van der Waals surface area (Å²) in [4.78, 5) is 38.7. The van der Waals surface area contributed by atoms with Gasteiger partial charge in [0.05, 0.1) is 10.9 Å². The first-order chi connectivity index (χ1) is 14.8. The molecule has 0 bridgehead atoms. The molecule has 1 aromatic heterocycles. The first-order valence-electron chi connectivity index (χ1n) is 10.5. The molecule has 9 heteroatoms. The molecular formula is C22H29N3O6. The summed E-state index contributed by atoms with van der Waals surface area (Å²) in [6, 6.07) is 2.55. The summed E-state index contributed by atoms with van der Waals surface area (Å²) in [5, 5.41) is 14.7. The summed E-state index contributed by atoms with van der Waals surface area (Å²) in [6.45, 7) is 6.70. The van der Waals surface area contributed by atoms with Gasteiger partial charge in [-0.2, -0.15) is 0 Å². The Kier molecular flexibility index (Phi) is 7.17. The Hall–Kier alpha value is -3.07. The third-order valence-electron chi connectivity index (χ3n) is 5.12. The number of fused-ring (bicyclic) bond motifs is 2. The van der Waals surface area contributed by atoms with E-state index in [0.717, 1.165) is 0 Å². The van der Waals surface area contributed by atoms with Gasteiger partial charge in [0.2, 0.25) is 18.1 Å². The maximum Gasteiger partial charge on any atom is 0.257 e. The van der Waals surface area contributed by atoms with Crippen LogP contribution in [0.5, 0.6) is 11.5 Å². The van der Waals surface area contributed by atoms with Gasteiger partial charge in [0.1, 0.15) is 11.6 Å². The van der Waals surface area contributed by atoms with E-state index in [1.54, 1.807) is 16.7 Å². The zero-order valence-corrected chi connectivity index (χ0v) is 18.1. The number of nitrogens with zero attached hydrogens (tertiary/aromatic N) is 1. The number of aryl methyl sites for hydroxylation is 1. The average molecular weight is 431 g/mol. The second kappa shape index (κ2) is 9.82. The normalized spacial score (nSPS) is 13.5. The standard InChI is InChI=1S/C22H29N3O6/c1-4-25-11-15(20(27)14-9-18-19(10-17(14)25)31-12-30-18)21(28)24-16(8-13(2)3)22(29)23-6-5-7-26/h9-11,13,16,26H,4-8,12H2,1-3H3,(H,23,29)(H,24,28). The molecule has 9 nitrogen and oxygen atoms in total. The van der Waals surface area contributed by atoms with Crippen LogP contribution < -0.4 is 25.5 Å². The maximum atomic E-state index is 13.1. The van der Waals surface area contributed by atoms with E-state index >= 15 is 0 Å². The van der Waals surface area contributed by atoms with Gasteiger partial charge in [-0.3, -0.25) is 14.4 Å². The van der Waals surface area contributed by atoms with Crippen molar-refractivity contribution in [3.8, 4) is 11.5 Å². The lowest BCUT2D eigenvalue weighted by Crippen LogP contribution is -2.48. The molecule has 168 valence electrons. The van der Waals surface area contributed by atoms with Crippen molar-refractivity contribution in [2.75, 3.05) is 19.9 Å². The van der Waals surface area contributed by atoms with Gasteiger partial charge in [0, 0.05) is 32.0 Å². The van der Waals surface area contributed by atoms with E-state index in [1.165, 1.54) is 6.20 Å². The number of benzene rings is 1. The highest BCUT2D eigenvalue weighted by Crippen LogP contribution is 2.35. The number of ether oxygens (including phenoxy) is 2. The Balaban J connectivity index is 1.92. The number of aromatic nitrogens is 1. The number of amides is 2. The molecular weight excluding hydrogens is 402 g/mol. The van der Waals surface area contributed by atoms with Crippen LogP contribution in [0.4, 0.5) is 0 Å². The average Bonchev–Trinajstić information content (AvgIpc) is 3.19. The molecule has 3 rings (SSSR count). The lowest BCUT2D eigenvalue weighted by Gasteiger charge is -2.20. The summed E-state index contributed by atoms with van der Waals surface area (Å²) in [7, 11) is 0. The number of carbonyl (C=O) groups is 2. The van der Waals surface area contributed by atoms with Crippen molar-refractivity contribution >= 4 is 22.7 Å². The monoisotopic (exact) mass is 431 g/mol. The Labute approximate surface area is 180 Å². The van der Waals surface area contributed by atoms with E-state index in [4.69, 9.17) is 14.6 Å². The Morgan fingerprint density at radius 3 is 2.58 bits per heavy atom. The molecule has 1 aliphatic rings. The van der Waals surface area contributed by atoms with Crippen molar-refractivity contribution in [1.29, 1.82) is 0 Å². The Morgan fingerprint density at radius 1 is 1.23 bits per heavy atom. The number of carbonyl (C=O) groups excluding carboxylic acids is 2. The predicted molar refractivity (Wildman–Crippen MR) is 115 cm³/mol. The molecule has 2 amide bonds. The molecule has 2 heterocycles. The van der Waals surface area contributed by atoms with Gasteiger partial charge in [-0.1, -0.05) is 13.8 Å². The number of hydrogen-bond acceptors (Lipinski definition) is 6. The topological polar surface area (TPSA) is 119 Å². The van der Waals surface area contributed by atoms with Gasteiger partial charge in [-0.15, -0.1) is 0 Å². The zero-order chi connectivity index (χ0) is 22.5. The molecule has 0 radical (unpaired) electrons. The van der Waals surface area contributed by atoms with Crippen LogP contribution >= 0.6 is 0 Å². The molecule has 3 N–H and O–H groups in total. The van der Waals surface area contributed by atoms with E-state index in [9.17, 15) is 14.4 Å². The third kappa shape index (κ3) is 4.99. The number of rotatable bonds is 9. The summed E-state index contributed by atoms with van der Waals surface area (Å²) in [6.07, 6.45) is 2.36. The first-order valence-corrected chi connectivity index (χ1v) is 10.5. The molecule has 31 heavy (non-hydrogen) atoms. The molecule has 0 fully saturated rings. The third-order valence-corrected chi connectivity index (χ3v) is 5.12. The highest BCUT2D eigenvalue weighted by Gasteiger charge is 2.25. The van der Waals surface area contributed by atoms with Crippen LogP contribution in [0.15, 0.2) is 23.1 Å². The van der Waals surface area contributed by atoms with Gasteiger partial charge in [0.25, 0.3) is 5.91 Å². The fraction of sp³-hybridized carbons (Fsp3) is 0.500. The maximum absolute atomic E-state index is 13.1. The highest BCUT2D eigenvalue weighted by molar-refractivity contribution is 6.00. The molecule has 0 spiro atoms. The summed E-state index contributed by atoms with van der Waals surface area (Å²) in [5.41, 5.74) is 0.179. The second-order valence-electron chi connectivity index (χ2n) is 7.90. The number of nitrogens with one attached hydrogen (secondary N) is 2. The van der Waals surface area contributed by atoms with Gasteiger partial charge >= 0.3 is 0 Å². The molecule has 2 aromatic rings. The minimum atomic E-state index is -0.784. The van der Waals surface area contributed by atoms with Crippen molar-refractivity contribution in [3.05, 3.63) is 34.1 Å². The molecule has 0 saturated heterocycles. The highest BCUT2D eigenvalue weighted by atomic mass is 16.7. The van der Waals surface area contributed by atoms with Crippen LogP contribution in [-0.4, -0.2) is 47.5 Å². The minimum Gasteiger partial charge on any atom is -0.454 e. The van der Waals surface area contributed by atoms with Crippen LogP contribution in [-0.2, 0) is 11.3 Å². The quantitative estimate of drug-likeness (QED) is 0.517. The molecule has 0 aliphatic carbocycles. The van der Waals surface area contributed by atoms with Crippen LogP contribution in [0.25, 0.3) is 10.9 Å². The minimum absolute atomic E-state index is 0.0341. The molecule has 1 aromatic carbocycles. The van der Waals surface area contributed by atoms with E-state index in [-0.39, 0.29) is 30.8 Å². The van der Waals surface area contributed by atoms with Crippen molar-refractivity contribution < 1.29 is 24.2 Å². The van der Waals surface area contributed by atoms with Crippen LogP contribution in [0, 0.1) is 5.92 Å². The van der Waals surface area contributed by atoms with Crippen molar-refractivity contribution in [2.45, 2.75) is 46.2 Å². The van der Waals surface area contributed by atoms with E-state index in [0.29, 0.717) is 48.3 Å². The van der Waals surface area contributed by atoms with Crippen molar-refractivity contribution in [1.82, 2.24) is 15.2 Å². The lowest BCUT2D eigenvalue weighted by molar-refractivity contribution is -0.123. The molecule has 1 aliphatic heterocycles. The van der Waals surface area contributed by atoms with Gasteiger partial charge < -0.3 is 29.8 Å². The number of hydrogen-bond donors (Lipinski definition) is 3. The Morgan fingerprint density at radius 2 is 1.94 bits per heavy atom. The van der Waals surface area contributed by atoms with E-state index in [2.05, 4.69) is 10.6 Å². The summed E-state index contributed by atoms with van der Waals surface area (Å²) < 4.78 is 12.6. The summed E-state index contributed by atoms with van der Waals surface area (Å²) >= 11 is 0. The molecule has 1 unspecified atom stereocenters. The van der Waals surface area contributed by atoms with Gasteiger partial charge in [0.15, 0.2) is 11.5 Å². The summed E-state index contributed by atoms with van der Waals surface area (Å²) in [5.74, 6) is 0.233. The SMILES string of the molecule is CCn1cc(C(=O)NC(CC(C)C)C(=O)NCCCO)c(=O)c2cc3c(cc21)OCO3. The largest absolute Gasteiger partial charge is 0.454 e. The van der Waals surface area contributed by atoms with E-state index in [1.807, 2.05) is 20.8 Å². The fourth-order valence-electron chi connectivity index (χ4n) is 3.56. The van der Waals surface area contributed by atoms with Crippen molar-refractivity contribution in [3.63, 3.8) is 0 Å². The second-order valence-corrected chi connectivity index (χ2v) is 7.90. The predicted octanol–water partition coefficient (Wildman–Crippen LogP) is 1.39. The Bertz CT molecular complexity index is 1030. The van der Waals surface area contributed by atoms with E-state index < -0.39 is 17.4 Å². The smallest absolute Gasteiger partial charge is 0.257 e. The number of pyridine rings is 1. The van der Waals surface area contributed by atoms with Crippen molar-refractivity contribution in [2.24, 2.45) is 5.92 Å². The molecule has 0 saturated carbocycles. The molecule has 1 atom stereocenters.